The number of phenols is 1. The molecular formula is C20H21ClN4O2. The van der Waals surface area contributed by atoms with Crippen LogP contribution in [0.1, 0.15) is 29.9 Å². The fraction of sp³-hybridized carbons (Fsp3) is 0.250. The number of anilines is 1. The fourth-order valence-electron chi connectivity index (χ4n) is 2.79. The number of nitrogens with one attached hydrogen (secondary N) is 1. The lowest BCUT2D eigenvalue weighted by molar-refractivity contribution is 0.102. The third-order valence-corrected chi connectivity index (χ3v) is 4.63. The second-order valence-corrected chi connectivity index (χ2v) is 6.47. The summed E-state index contributed by atoms with van der Waals surface area (Å²) in [4.78, 5) is 23.4. The van der Waals surface area contributed by atoms with E-state index in [1.54, 1.807) is 30.3 Å². The Balaban J connectivity index is 1.85. The van der Waals surface area contributed by atoms with Crippen LogP contribution in [0.5, 0.6) is 5.75 Å². The first kappa shape index (κ1) is 19.1. The van der Waals surface area contributed by atoms with Gasteiger partial charge in [0.2, 0.25) is 0 Å². The fourth-order valence-corrected chi connectivity index (χ4v) is 3.01. The van der Waals surface area contributed by atoms with Crippen molar-refractivity contribution in [2.45, 2.75) is 20.4 Å². The molecule has 7 heteroatoms. The van der Waals surface area contributed by atoms with Crippen molar-refractivity contribution in [1.29, 1.82) is 0 Å². The smallest absolute Gasteiger partial charge is 0.277 e. The number of nitrogens with zero attached hydrogens (tertiary/aromatic N) is 3. The zero-order valence-electron chi connectivity index (χ0n) is 15.2. The Hall–Kier alpha value is -2.70. The maximum atomic E-state index is 12.6. The Labute approximate surface area is 162 Å². The lowest BCUT2D eigenvalue weighted by atomic mass is 10.1. The summed E-state index contributed by atoms with van der Waals surface area (Å²) in [5, 5.41) is 12.9. The van der Waals surface area contributed by atoms with Crippen LogP contribution < -0.4 is 5.32 Å². The number of para-hydroxylation sites is 2. The summed E-state index contributed by atoms with van der Waals surface area (Å²) < 4.78 is 0. The third-order valence-electron chi connectivity index (χ3n) is 4.37. The highest BCUT2D eigenvalue weighted by Gasteiger charge is 2.16. The molecule has 0 bridgehead atoms. The summed E-state index contributed by atoms with van der Waals surface area (Å²) in [7, 11) is 0. The van der Waals surface area contributed by atoms with Crippen LogP contribution in [0.15, 0.2) is 42.5 Å². The molecule has 0 saturated carbocycles. The highest BCUT2D eigenvalue weighted by Crippen LogP contribution is 2.24. The molecule has 1 aromatic heterocycles. The number of halogens is 1. The molecule has 6 nitrogen and oxygen atoms in total. The first-order valence-corrected chi connectivity index (χ1v) is 9.17. The van der Waals surface area contributed by atoms with Gasteiger partial charge < -0.3 is 10.4 Å². The van der Waals surface area contributed by atoms with Crippen LogP contribution in [-0.4, -0.2) is 39.0 Å². The molecule has 0 saturated heterocycles. The monoisotopic (exact) mass is 384 g/mol. The van der Waals surface area contributed by atoms with E-state index in [0.29, 0.717) is 23.3 Å². The predicted molar refractivity (Wildman–Crippen MR) is 107 cm³/mol. The van der Waals surface area contributed by atoms with Gasteiger partial charge in [0.05, 0.1) is 11.0 Å². The Morgan fingerprint density at radius 2 is 1.78 bits per heavy atom. The quantitative estimate of drug-likeness (QED) is 0.626. The molecule has 1 amide bonds. The van der Waals surface area contributed by atoms with E-state index in [9.17, 15) is 9.90 Å². The minimum absolute atomic E-state index is 0.0494. The normalized spacial score (nSPS) is 11.1. The number of hydrogen-bond acceptors (Lipinski definition) is 5. The van der Waals surface area contributed by atoms with Crippen molar-refractivity contribution in [2.24, 2.45) is 0 Å². The number of carbonyl (C=O) groups is 1. The number of phenolic OH excluding ortho intramolecular Hbond substituents is 1. The van der Waals surface area contributed by atoms with Crippen molar-refractivity contribution >= 4 is 34.2 Å². The van der Waals surface area contributed by atoms with Crippen molar-refractivity contribution in [2.75, 3.05) is 18.4 Å². The predicted octanol–water partition coefficient (Wildman–Crippen LogP) is 4.08. The van der Waals surface area contributed by atoms with Gasteiger partial charge in [-0.2, -0.15) is 0 Å². The first-order chi connectivity index (χ1) is 13.0. The molecule has 140 valence electrons. The first-order valence-electron chi connectivity index (χ1n) is 8.79. The van der Waals surface area contributed by atoms with Crippen molar-refractivity contribution in [1.82, 2.24) is 14.9 Å². The maximum absolute atomic E-state index is 12.6. The van der Waals surface area contributed by atoms with Crippen LogP contribution in [0.25, 0.3) is 11.0 Å². The van der Waals surface area contributed by atoms with Gasteiger partial charge in [-0.25, -0.2) is 9.97 Å². The van der Waals surface area contributed by atoms with Gasteiger partial charge in [0.1, 0.15) is 5.75 Å². The molecule has 1 heterocycles. The highest BCUT2D eigenvalue weighted by atomic mass is 35.5. The molecule has 2 N–H and O–H groups in total. The van der Waals surface area contributed by atoms with E-state index in [-0.39, 0.29) is 16.6 Å². The lowest BCUT2D eigenvalue weighted by Gasteiger charge is -2.19. The minimum Gasteiger partial charge on any atom is -0.508 e. The van der Waals surface area contributed by atoms with Gasteiger partial charge in [-0.05, 0) is 43.4 Å². The summed E-state index contributed by atoms with van der Waals surface area (Å²) in [6.45, 7) is 6.46. The van der Waals surface area contributed by atoms with Crippen LogP contribution in [0.3, 0.4) is 0 Å². The Kier molecular flexibility index (Phi) is 5.88. The number of aromatic nitrogens is 2. The average Bonchev–Trinajstić information content (AvgIpc) is 2.67. The van der Waals surface area contributed by atoms with Crippen LogP contribution in [0.2, 0.25) is 5.15 Å². The number of aromatic hydroxyl groups is 1. The molecule has 0 aliphatic rings. The molecule has 0 spiro atoms. The molecule has 0 radical (unpaired) electrons. The summed E-state index contributed by atoms with van der Waals surface area (Å²) >= 11 is 6.15. The summed E-state index contributed by atoms with van der Waals surface area (Å²) in [5.74, 6) is -0.249. The number of hydrogen-bond donors (Lipinski definition) is 2. The molecule has 27 heavy (non-hydrogen) atoms. The minimum atomic E-state index is -0.447. The zero-order chi connectivity index (χ0) is 19.4. The average molecular weight is 385 g/mol. The summed E-state index contributed by atoms with van der Waals surface area (Å²) in [5.41, 5.74) is 2.59. The molecular weight excluding hydrogens is 364 g/mol. The van der Waals surface area contributed by atoms with Crippen LogP contribution >= 0.6 is 11.6 Å². The largest absolute Gasteiger partial charge is 0.508 e. The summed E-state index contributed by atoms with van der Waals surface area (Å²) in [6.07, 6.45) is 0. The van der Waals surface area contributed by atoms with Gasteiger partial charge >= 0.3 is 0 Å². The Bertz CT molecular complexity index is 973. The van der Waals surface area contributed by atoms with E-state index in [1.807, 2.05) is 12.1 Å². The second kappa shape index (κ2) is 8.33. The standard InChI is InChI=1S/C20H21ClN4O2/c1-3-25(4-2)12-13-11-14(9-10-17(13)26)22-20(27)18-19(21)24-16-8-6-5-7-15(16)23-18/h5-11,26H,3-4,12H2,1-2H3,(H,22,27). The van der Waals surface area contributed by atoms with Gasteiger partial charge in [-0.3, -0.25) is 9.69 Å². The molecule has 3 rings (SSSR count). The number of carbonyl (C=O) groups excluding carboxylic acids is 1. The van der Waals surface area contributed by atoms with Crippen molar-refractivity contribution in [3.8, 4) is 5.75 Å². The SMILES string of the molecule is CCN(CC)Cc1cc(NC(=O)c2nc3ccccc3nc2Cl)ccc1O. The number of amides is 1. The maximum Gasteiger partial charge on any atom is 0.277 e. The Morgan fingerprint density at radius 1 is 1.11 bits per heavy atom. The van der Waals surface area contributed by atoms with E-state index >= 15 is 0 Å². The molecule has 0 atom stereocenters. The lowest BCUT2D eigenvalue weighted by Crippen LogP contribution is -2.22. The molecule has 0 unspecified atom stereocenters. The highest BCUT2D eigenvalue weighted by molar-refractivity contribution is 6.33. The van der Waals surface area contributed by atoms with E-state index < -0.39 is 5.91 Å². The van der Waals surface area contributed by atoms with Gasteiger partial charge in [-0.1, -0.05) is 37.6 Å². The molecule has 2 aromatic carbocycles. The number of fused-ring (bicyclic) bond motifs is 1. The third kappa shape index (κ3) is 4.35. The van der Waals surface area contributed by atoms with E-state index in [0.717, 1.165) is 18.7 Å². The zero-order valence-corrected chi connectivity index (χ0v) is 16.0. The number of benzene rings is 2. The molecule has 0 fully saturated rings. The number of rotatable bonds is 6. The van der Waals surface area contributed by atoms with E-state index in [4.69, 9.17) is 11.6 Å². The van der Waals surface area contributed by atoms with Crippen LogP contribution in [0.4, 0.5) is 5.69 Å². The van der Waals surface area contributed by atoms with E-state index in [1.165, 1.54) is 0 Å². The van der Waals surface area contributed by atoms with Crippen molar-refractivity contribution in [3.05, 3.63) is 58.9 Å². The topological polar surface area (TPSA) is 78.4 Å². The molecule has 0 aliphatic carbocycles. The van der Waals surface area contributed by atoms with E-state index in [2.05, 4.69) is 34.0 Å². The molecule has 3 aromatic rings. The molecule has 0 aliphatic heterocycles. The van der Waals surface area contributed by atoms with Gasteiger partial charge in [0, 0.05) is 17.8 Å². The second-order valence-electron chi connectivity index (χ2n) is 6.11. The summed E-state index contributed by atoms with van der Waals surface area (Å²) in [6, 6.07) is 12.2. The van der Waals surface area contributed by atoms with Gasteiger partial charge in [0.25, 0.3) is 5.91 Å². The van der Waals surface area contributed by atoms with Gasteiger partial charge in [0.15, 0.2) is 10.8 Å². The Morgan fingerprint density at radius 3 is 2.44 bits per heavy atom. The van der Waals surface area contributed by atoms with Gasteiger partial charge in [-0.15, -0.1) is 0 Å². The van der Waals surface area contributed by atoms with Crippen LogP contribution in [0, 0.1) is 0 Å². The van der Waals surface area contributed by atoms with Crippen molar-refractivity contribution in [3.63, 3.8) is 0 Å². The van der Waals surface area contributed by atoms with Crippen molar-refractivity contribution < 1.29 is 9.90 Å². The van der Waals surface area contributed by atoms with Crippen LogP contribution in [-0.2, 0) is 6.54 Å².